The van der Waals surface area contributed by atoms with E-state index in [1.54, 1.807) is 0 Å². The molecule has 9 heteroatoms. The van der Waals surface area contributed by atoms with E-state index in [9.17, 15) is 23.1 Å². The molecule has 1 aromatic rings. The Morgan fingerprint density at radius 3 is 1.42 bits per heavy atom. The first-order valence-corrected chi connectivity index (χ1v) is 6.89. The average molecular weight is 350 g/mol. The summed E-state index contributed by atoms with van der Waals surface area (Å²) in [5, 5.41) is 17.4. The van der Waals surface area contributed by atoms with Gasteiger partial charge in [-0.3, -0.25) is 4.79 Å². The lowest BCUT2D eigenvalue weighted by Crippen LogP contribution is -2.22. The molecule has 6 nitrogen and oxygen atoms in total. The zero-order valence-electron chi connectivity index (χ0n) is 14.3. The second-order valence-electron chi connectivity index (χ2n) is 7.05. The number of carbonyl (C=O) groups is 2. The van der Waals surface area contributed by atoms with Crippen LogP contribution in [0.4, 0.5) is 13.2 Å². The van der Waals surface area contributed by atoms with Crippen molar-refractivity contribution in [2.45, 2.75) is 58.5 Å². The number of aldehydes is 1. The van der Waals surface area contributed by atoms with Crippen LogP contribution in [0.25, 0.3) is 0 Å². The first-order valence-electron chi connectivity index (χ1n) is 6.89. The monoisotopic (exact) mass is 350 g/mol. The third-order valence-electron chi connectivity index (χ3n) is 2.67. The third kappa shape index (κ3) is 6.13. The number of aromatic hydroxyl groups is 1. The summed E-state index contributed by atoms with van der Waals surface area (Å²) in [4.78, 5) is 28.0. The first kappa shape index (κ1) is 21.8. The van der Waals surface area contributed by atoms with Crippen molar-refractivity contribution in [2.24, 2.45) is 0 Å². The highest BCUT2D eigenvalue weighted by molar-refractivity contribution is 5.73. The van der Waals surface area contributed by atoms with E-state index in [0.29, 0.717) is 17.7 Å². The number of hydrogen-bond acceptors (Lipinski definition) is 5. The Kier molecular flexibility index (Phi) is 6.49. The fourth-order valence-corrected chi connectivity index (χ4v) is 1.57. The van der Waals surface area contributed by atoms with Gasteiger partial charge in [-0.25, -0.2) is 14.8 Å². The Balaban J connectivity index is 0.000000640. The van der Waals surface area contributed by atoms with Crippen LogP contribution in [0.1, 0.15) is 63.5 Å². The molecule has 1 rings (SSSR count). The van der Waals surface area contributed by atoms with Gasteiger partial charge in [-0.15, -0.1) is 0 Å². The molecule has 2 N–H and O–H groups in total. The molecule has 0 saturated heterocycles. The maximum Gasteiger partial charge on any atom is 0.490 e. The van der Waals surface area contributed by atoms with Gasteiger partial charge >= 0.3 is 12.1 Å². The smallest absolute Gasteiger partial charge is 0.490 e. The molecular formula is C15H21F3N2O4. The van der Waals surface area contributed by atoms with Crippen molar-refractivity contribution in [2.75, 3.05) is 0 Å². The molecule has 136 valence electrons. The molecular weight excluding hydrogens is 329 g/mol. The third-order valence-corrected chi connectivity index (χ3v) is 2.67. The van der Waals surface area contributed by atoms with Crippen molar-refractivity contribution in [3.8, 4) is 5.75 Å². The summed E-state index contributed by atoms with van der Waals surface area (Å²) < 4.78 is 31.7. The second-order valence-corrected chi connectivity index (χ2v) is 7.05. The van der Waals surface area contributed by atoms with Crippen molar-refractivity contribution in [3.05, 3.63) is 17.2 Å². The summed E-state index contributed by atoms with van der Waals surface area (Å²) in [6, 6.07) is 0. The largest absolute Gasteiger partial charge is 0.504 e. The number of carboxylic acid groups (broad SMARTS) is 1. The Hall–Kier alpha value is -2.19. The van der Waals surface area contributed by atoms with E-state index in [2.05, 4.69) is 9.97 Å². The van der Waals surface area contributed by atoms with Gasteiger partial charge < -0.3 is 10.2 Å². The van der Waals surface area contributed by atoms with Crippen molar-refractivity contribution < 1.29 is 33.0 Å². The zero-order valence-corrected chi connectivity index (χ0v) is 14.3. The van der Waals surface area contributed by atoms with Crippen molar-refractivity contribution in [3.63, 3.8) is 0 Å². The van der Waals surface area contributed by atoms with E-state index < -0.39 is 12.1 Å². The van der Waals surface area contributed by atoms with E-state index in [4.69, 9.17) is 9.90 Å². The van der Waals surface area contributed by atoms with E-state index in [-0.39, 0.29) is 22.4 Å². The summed E-state index contributed by atoms with van der Waals surface area (Å²) in [6.07, 6.45) is -4.47. The molecule has 0 aliphatic rings. The molecule has 0 aromatic carbocycles. The van der Waals surface area contributed by atoms with Gasteiger partial charge in [-0.1, -0.05) is 41.5 Å². The fraction of sp³-hybridized carbons (Fsp3) is 0.600. The summed E-state index contributed by atoms with van der Waals surface area (Å²) >= 11 is 0. The predicted molar refractivity (Wildman–Crippen MR) is 80.2 cm³/mol. The molecule has 0 saturated carbocycles. The van der Waals surface area contributed by atoms with Crippen LogP contribution in [-0.2, 0) is 15.6 Å². The van der Waals surface area contributed by atoms with Gasteiger partial charge in [0.25, 0.3) is 0 Å². The van der Waals surface area contributed by atoms with Gasteiger partial charge in [0.15, 0.2) is 17.9 Å². The van der Waals surface area contributed by atoms with Gasteiger partial charge in [0.1, 0.15) is 0 Å². The number of carbonyl (C=O) groups excluding carboxylic acids is 1. The van der Waals surface area contributed by atoms with Gasteiger partial charge in [0, 0.05) is 10.8 Å². The maximum atomic E-state index is 10.9. The molecule has 1 heterocycles. The Morgan fingerprint density at radius 2 is 1.25 bits per heavy atom. The van der Waals surface area contributed by atoms with E-state index in [0.717, 1.165) is 0 Å². The topological polar surface area (TPSA) is 100 Å². The Morgan fingerprint density at radius 1 is 0.958 bits per heavy atom. The maximum absolute atomic E-state index is 10.9. The molecule has 0 aliphatic carbocycles. The molecule has 0 spiro atoms. The van der Waals surface area contributed by atoms with Crippen LogP contribution in [0.3, 0.4) is 0 Å². The summed E-state index contributed by atoms with van der Waals surface area (Å²) in [7, 11) is 0. The fourth-order valence-electron chi connectivity index (χ4n) is 1.57. The molecule has 0 aliphatic heterocycles. The normalized spacial score (nSPS) is 12.2. The first-order chi connectivity index (χ1) is 10.5. The molecule has 0 bridgehead atoms. The zero-order chi connectivity index (χ0) is 19.5. The number of aliphatic carboxylic acids is 1. The van der Waals surface area contributed by atoms with Gasteiger partial charge in [-0.05, 0) is 0 Å². The molecule has 0 atom stereocenters. The van der Waals surface area contributed by atoms with Crippen molar-refractivity contribution >= 4 is 12.3 Å². The number of aromatic nitrogens is 2. The SMILES string of the molecule is CC(C)(C)c1nc(C=O)nc(C(C)(C)C)c1O.O=C(O)C(F)(F)F. The highest BCUT2D eigenvalue weighted by atomic mass is 19.4. The van der Waals surface area contributed by atoms with Crippen LogP contribution in [0.5, 0.6) is 5.75 Å². The lowest BCUT2D eigenvalue weighted by Gasteiger charge is -2.25. The molecule has 1 aromatic heterocycles. The summed E-state index contributed by atoms with van der Waals surface area (Å²) in [6.45, 7) is 11.6. The van der Waals surface area contributed by atoms with Crippen LogP contribution in [0.2, 0.25) is 0 Å². The lowest BCUT2D eigenvalue weighted by molar-refractivity contribution is -0.192. The number of halogens is 3. The number of alkyl halides is 3. The van der Waals surface area contributed by atoms with Crippen molar-refractivity contribution in [1.29, 1.82) is 0 Å². The molecule has 0 fully saturated rings. The summed E-state index contributed by atoms with van der Waals surface area (Å²) in [5.74, 6) is -2.54. The minimum absolute atomic E-state index is 0.0931. The van der Waals surface area contributed by atoms with Gasteiger partial charge in [-0.2, -0.15) is 13.2 Å². The van der Waals surface area contributed by atoms with Crippen LogP contribution < -0.4 is 0 Å². The number of rotatable bonds is 1. The molecule has 0 unspecified atom stereocenters. The molecule has 0 radical (unpaired) electrons. The Labute approximate surface area is 137 Å². The predicted octanol–water partition coefficient (Wildman–Crippen LogP) is 3.22. The molecule has 0 amide bonds. The minimum atomic E-state index is -5.08. The van der Waals surface area contributed by atoms with Crippen molar-refractivity contribution in [1.82, 2.24) is 9.97 Å². The number of carboxylic acids is 1. The lowest BCUT2D eigenvalue weighted by atomic mass is 9.85. The van der Waals surface area contributed by atoms with E-state index >= 15 is 0 Å². The molecule has 24 heavy (non-hydrogen) atoms. The van der Waals surface area contributed by atoms with E-state index in [1.807, 2.05) is 41.5 Å². The number of nitrogens with zero attached hydrogens (tertiary/aromatic N) is 2. The average Bonchev–Trinajstić information content (AvgIpc) is 2.35. The Bertz CT molecular complexity index is 580. The summed E-state index contributed by atoms with van der Waals surface area (Å²) in [5.41, 5.74) is 0.370. The van der Waals surface area contributed by atoms with E-state index in [1.165, 1.54) is 0 Å². The van der Waals surface area contributed by atoms with Crippen LogP contribution >= 0.6 is 0 Å². The van der Waals surface area contributed by atoms with Gasteiger partial charge in [0.05, 0.1) is 11.4 Å². The van der Waals surface area contributed by atoms with Crippen LogP contribution in [-0.4, -0.2) is 38.6 Å². The standard InChI is InChI=1S/C13H20N2O2.C2HF3O2/c1-12(2,3)10-9(17)11(13(4,5)6)15-8(7-16)14-10;3-2(4,5)1(6)7/h7,17H,1-6H3;(H,6,7). The van der Waals surface area contributed by atoms with Crippen LogP contribution in [0.15, 0.2) is 0 Å². The quantitative estimate of drug-likeness (QED) is 0.754. The second kappa shape index (κ2) is 7.14. The number of hydrogen-bond donors (Lipinski definition) is 2. The minimum Gasteiger partial charge on any atom is -0.504 e. The van der Waals surface area contributed by atoms with Gasteiger partial charge in [0.2, 0.25) is 0 Å². The highest BCUT2D eigenvalue weighted by Crippen LogP contribution is 2.36. The van der Waals surface area contributed by atoms with Crippen LogP contribution in [0, 0.1) is 0 Å². The highest BCUT2D eigenvalue weighted by Gasteiger charge is 2.38.